The lowest BCUT2D eigenvalue weighted by molar-refractivity contribution is -0.214. The molecule has 2 aromatic carbocycles. The maximum Gasteiger partial charge on any atom is 0.296 e. The number of alkyl halides is 1. The van der Waals surface area contributed by atoms with E-state index >= 15 is 0 Å². The standard InChI is InChI=1S/C28H31BrFNO5S/c1-20-5-7-23(8-6-20)37(33,34)36-19-25-9-11-28(12-10-25,35-18-25)17-31(22-4-2-3-21(29)13-22)24(32)26-14-27(30,15-26)16-26/h2-8,13H,9-12,14-19H2,1H3. The molecule has 0 atom stereocenters. The monoisotopic (exact) mass is 591 g/mol. The SMILES string of the molecule is Cc1ccc(S(=O)(=O)OCC23CCC(CN(C(=O)C45CC(F)(C4)C5)c4cccc(Br)c4)(CC2)OC3)cc1. The highest BCUT2D eigenvalue weighted by atomic mass is 79.9. The Morgan fingerprint density at radius 2 is 1.76 bits per heavy atom. The van der Waals surface area contributed by atoms with Crippen LogP contribution in [0.2, 0.25) is 0 Å². The molecular weight excluding hydrogens is 561 g/mol. The molecule has 4 saturated carbocycles. The van der Waals surface area contributed by atoms with Crippen LogP contribution in [-0.4, -0.2) is 45.4 Å². The molecule has 6 nitrogen and oxygen atoms in total. The van der Waals surface area contributed by atoms with E-state index in [0.29, 0.717) is 45.3 Å². The summed E-state index contributed by atoms with van der Waals surface area (Å²) >= 11 is 3.51. The van der Waals surface area contributed by atoms with E-state index < -0.39 is 26.8 Å². The predicted molar refractivity (Wildman–Crippen MR) is 141 cm³/mol. The van der Waals surface area contributed by atoms with Gasteiger partial charge in [0.2, 0.25) is 5.91 Å². The summed E-state index contributed by atoms with van der Waals surface area (Å²) < 4.78 is 52.6. The average Bonchev–Trinajstić information content (AvgIpc) is 2.85. The summed E-state index contributed by atoms with van der Waals surface area (Å²) in [7, 11) is -3.85. The van der Waals surface area contributed by atoms with Gasteiger partial charge in [-0.25, -0.2) is 4.39 Å². The molecule has 4 bridgehead atoms. The highest BCUT2D eigenvalue weighted by Gasteiger charge is 2.73. The lowest BCUT2D eigenvalue weighted by Crippen LogP contribution is -2.71. The number of fused-ring (bicyclic) bond motifs is 3. The number of halogens is 2. The Balaban J connectivity index is 1.15. The minimum Gasteiger partial charge on any atom is -0.372 e. The zero-order valence-electron chi connectivity index (χ0n) is 20.8. The topological polar surface area (TPSA) is 72.9 Å². The molecule has 0 unspecified atom stereocenters. The van der Waals surface area contributed by atoms with Crippen molar-refractivity contribution in [2.24, 2.45) is 10.8 Å². The van der Waals surface area contributed by atoms with Crippen LogP contribution in [0.5, 0.6) is 0 Å². The minimum absolute atomic E-state index is 0.0157. The Kier molecular flexibility index (Phi) is 5.92. The molecule has 37 heavy (non-hydrogen) atoms. The van der Waals surface area contributed by atoms with Crippen LogP contribution in [-0.2, 0) is 23.8 Å². The number of rotatable bonds is 8. The molecule has 9 heteroatoms. The van der Waals surface area contributed by atoms with Crippen molar-refractivity contribution in [3.05, 3.63) is 58.6 Å². The molecule has 6 fully saturated rings. The second kappa shape index (κ2) is 8.60. The lowest BCUT2D eigenvalue weighted by Gasteiger charge is -2.65. The molecule has 2 aromatic rings. The number of nitrogens with zero attached hydrogens (tertiary/aromatic N) is 1. The molecule has 0 N–H and O–H groups in total. The number of hydrogen-bond acceptors (Lipinski definition) is 5. The number of aryl methyl sites for hydroxylation is 1. The van der Waals surface area contributed by atoms with Crippen LogP contribution < -0.4 is 4.90 Å². The van der Waals surface area contributed by atoms with E-state index in [0.717, 1.165) is 28.6 Å². The first-order valence-electron chi connectivity index (χ1n) is 12.8. The first kappa shape index (κ1) is 25.5. The zero-order valence-corrected chi connectivity index (χ0v) is 23.2. The van der Waals surface area contributed by atoms with Crippen molar-refractivity contribution >= 4 is 37.6 Å². The number of ether oxygens (including phenoxy) is 1. The normalized spacial score (nSPS) is 33.9. The summed E-state index contributed by atoms with van der Waals surface area (Å²) in [5.74, 6) is -0.0157. The van der Waals surface area contributed by atoms with E-state index in [9.17, 15) is 17.6 Å². The Hall–Kier alpha value is -1.81. The van der Waals surface area contributed by atoms with Gasteiger partial charge in [0.25, 0.3) is 10.1 Å². The molecule has 2 aliphatic heterocycles. The third-order valence-corrected chi connectivity index (χ3v) is 10.7. The van der Waals surface area contributed by atoms with Gasteiger partial charge in [-0.2, -0.15) is 8.42 Å². The maximum absolute atomic E-state index is 14.3. The molecule has 4 aliphatic carbocycles. The van der Waals surface area contributed by atoms with Gasteiger partial charge in [0.15, 0.2) is 0 Å². The van der Waals surface area contributed by atoms with Crippen LogP contribution >= 0.6 is 15.9 Å². The summed E-state index contributed by atoms with van der Waals surface area (Å²) in [5.41, 5.74) is -0.841. The third-order valence-electron chi connectivity index (χ3n) is 8.97. The Morgan fingerprint density at radius 3 is 2.32 bits per heavy atom. The maximum atomic E-state index is 14.3. The smallest absolute Gasteiger partial charge is 0.296 e. The zero-order chi connectivity index (χ0) is 26.1. The van der Waals surface area contributed by atoms with Crippen LogP contribution in [0.1, 0.15) is 50.5 Å². The average molecular weight is 593 g/mol. The van der Waals surface area contributed by atoms with Gasteiger partial charge in [-0.05, 0) is 82.2 Å². The number of amides is 1. The van der Waals surface area contributed by atoms with Gasteiger partial charge in [-0.15, -0.1) is 0 Å². The summed E-state index contributed by atoms with van der Waals surface area (Å²) in [6, 6.07) is 14.3. The summed E-state index contributed by atoms with van der Waals surface area (Å²) in [5, 5.41) is 0. The Labute approximate surface area is 225 Å². The van der Waals surface area contributed by atoms with Gasteiger partial charge in [-0.3, -0.25) is 8.98 Å². The first-order valence-corrected chi connectivity index (χ1v) is 15.0. The molecular formula is C28H31BrFNO5S. The van der Waals surface area contributed by atoms with E-state index in [1.165, 1.54) is 0 Å². The largest absolute Gasteiger partial charge is 0.372 e. The summed E-state index contributed by atoms with van der Waals surface area (Å²) in [6.07, 6.45) is 3.87. The van der Waals surface area contributed by atoms with Crippen molar-refractivity contribution in [1.29, 1.82) is 0 Å². The van der Waals surface area contributed by atoms with E-state index in [2.05, 4.69) is 15.9 Å². The number of carbonyl (C=O) groups is 1. The molecule has 0 spiro atoms. The fourth-order valence-electron chi connectivity index (χ4n) is 6.59. The fraction of sp³-hybridized carbons (Fsp3) is 0.536. The predicted octanol–water partition coefficient (Wildman–Crippen LogP) is 5.72. The van der Waals surface area contributed by atoms with Crippen molar-refractivity contribution in [3.63, 3.8) is 0 Å². The molecule has 8 rings (SSSR count). The van der Waals surface area contributed by atoms with E-state index in [1.54, 1.807) is 29.2 Å². The number of carbonyl (C=O) groups excluding carboxylic acids is 1. The second-order valence-corrected chi connectivity index (χ2v) is 14.4. The van der Waals surface area contributed by atoms with Gasteiger partial charge in [0.05, 0.1) is 35.7 Å². The van der Waals surface area contributed by atoms with Crippen LogP contribution in [0.3, 0.4) is 0 Å². The van der Waals surface area contributed by atoms with Crippen molar-refractivity contribution < 1.29 is 26.5 Å². The molecule has 198 valence electrons. The molecule has 1 amide bonds. The van der Waals surface area contributed by atoms with Crippen molar-refractivity contribution in [1.82, 2.24) is 0 Å². The van der Waals surface area contributed by atoms with E-state index in [-0.39, 0.29) is 22.8 Å². The molecule has 0 aromatic heterocycles. The molecule has 2 heterocycles. The first-order chi connectivity index (χ1) is 17.5. The van der Waals surface area contributed by atoms with E-state index in [4.69, 9.17) is 8.92 Å². The van der Waals surface area contributed by atoms with Crippen LogP contribution in [0.15, 0.2) is 57.9 Å². The highest BCUT2D eigenvalue weighted by molar-refractivity contribution is 9.10. The number of benzene rings is 2. The second-order valence-electron chi connectivity index (χ2n) is 11.8. The minimum atomic E-state index is -3.85. The van der Waals surface area contributed by atoms with Gasteiger partial charge in [0, 0.05) is 15.6 Å². The Morgan fingerprint density at radius 1 is 1.08 bits per heavy atom. The van der Waals surface area contributed by atoms with E-state index in [1.807, 2.05) is 31.2 Å². The lowest BCUT2D eigenvalue weighted by atomic mass is 9.42. The number of hydrogen-bond donors (Lipinski definition) is 0. The van der Waals surface area contributed by atoms with Crippen LogP contribution in [0.25, 0.3) is 0 Å². The van der Waals surface area contributed by atoms with Crippen LogP contribution in [0.4, 0.5) is 10.1 Å². The van der Waals surface area contributed by atoms with Crippen molar-refractivity contribution in [2.75, 3.05) is 24.7 Å². The van der Waals surface area contributed by atoms with Gasteiger partial charge in [0.1, 0.15) is 5.67 Å². The quantitative estimate of drug-likeness (QED) is 0.367. The summed E-state index contributed by atoms with van der Waals surface area (Å²) in [6.45, 7) is 2.77. The highest BCUT2D eigenvalue weighted by Crippen LogP contribution is 2.70. The van der Waals surface area contributed by atoms with Gasteiger partial charge >= 0.3 is 0 Å². The van der Waals surface area contributed by atoms with Crippen molar-refractivity contribution in [2.45, 2.75) is 68.0 Å². The van der Waals surface area contributed by atoms with Gasteiger partial charge in [-0.1, -0.05) is 39.7 Å². The van der Waals surface area contributed by atoms with Crippen molar-refractivity contribution in [3.8, 4) is 0 Å². The molecule has 0 radical (unpaired) electrons. The van der Waals surface area contributed by atoms with Crippen LogP contribution in [0, 0.1) is 17.8 Å². The molecule has 2 saturated heterocycles. The van der Waals surface area contributed by atoms with Gasteiger partial charge < -0.3 is 9.64 Å². The summed E-state index contributed by atoms with van der Waals surface area (Å²) in [4.78, 5) is 15.7. The number of anilines is 1. The molecule has 6 aliphatic rings. The Bertz CT molecular complexity index is 1300. The third kappa shape index (κ3) is 4.45. The fourth-order valence-corrected chi connectivity index (χ4v) is 7.98.